The molecule has 0 aliphatic carbocycles. The average molecular weight is 439 g/mol. The van der Waals surface area contributed by atoms with Gasteiger partial charge in [-0.25, -0.2) is 10.7 Å². The predicted molar refractivity (Wildman–Crippen MR) is 116 cm³/mol. The van der Waals surface area contributed by atoms with Gasteiger partial charge in [-0.1, -0.05) is 26.0 Å². The first kappa shape index (κ1) is 26.3. The second kappa shape index (κ2) is 14.3. The van der Waals surface area contributed by atoms with Gasteiger partial charge in [-0.2, -0.15) is 5.48 Å². The Morgan fingerprint density at radius 2 is 1.77 bits per heavy atom. The van der Waals surface area contributed by atoms with Crippen molar-refractivity contribution in [3.8, 4) is 0 Å². The monoisotopic (exact) mass is 438 g/mol. The van der Waals surface area contributed by atoms with Gasteiger partial charge in [0.25, 0.3) is 0 Å². The van der Waals surface area contributed by atoms with Crippen molar-refractivity contribution in [2.75, 3.05) is 18.5 Å². The van der Waals surface area contributed by atoms with Crippen molar-refractivity contribution < 1.29 is 24.1 Å². The van der Waals surface area contributed by atoms with Crippen LogP contribution in [-0.4, -0.2) is 43.1 Å². The van der Waals surface area contributed by atoms with E-state index in [1.165, 1.54) is 0 Å². The first-order chi connectivity index (χ1) is 14.8. The number of primary amides is 1. The molecule has 1 aromatic rings. The Morgan fingerprint density at radius 1 is 1.10 bits per heavy atom. The van der Waals surface area contributed by atoms with Gasteiger partial charge in [0.05, 0.1) is 13.2 Å². The number of hydrogen-bond acceptors (Lipinski definition) is 7. The van der Waals surface area contributed by atoms with Gasteiger partial charge >= 0.3 is 6.03 Å². The van der Waals surface area contributed by atoms with Crippen LogP contribution in [0.5, 0.6) is 0 Å². The lowest BCUT2D eigenvalue weighted by Gasteiger charge is -2.25. The van der Waals surface area contributed by atoms with Crippen LogP contribution in [0.25, 0.3) is 0 Å². The maximum atomic E-state index is 12.9. The minimum absolute atomic E-state index is 0.0656. The molecular weight excluding hydrogens is 404 g/mol. The molecule has 31 heavy (non-hydrogen) atoms. The van der Waals surface area contributed by atoms with Gasteiger partial charge in [0.1, 0.15) is 12.1 Å². The van der Waals surface area contributed by atoms with Crippen LogP contribution in [0.2, 0.25) is 0 Å². The molecule has 0 saturated heterocycles. The SMILES string of the molecule is CCON[C@H](C(=O)N[C@@H](CCCNC(N)=O)C(=O)Nc1ccc(CON)cc1)C(C)C. The lowest BCUT2D eigenvalue weighted by Crippen LogP contribution is -2.53. The molecule has 174 valence electrons. The summed E-state index contributed by atoms with van der Waals surface area (Å²) < 4.78 is 0. The van der Waals surface area contributed by atoms with Gasteiger partial charge in [-0.05, 0) is 43.4 Å². The fourth-order valence-corrected chi connectivity index (χ4v) is 2.72. The molecule has 1 aromatic carbocycles. The van der Waals surface area contributed by atoms with Crippen LogP contribution in [0.15, 0.2) is 24.3 Å². The van der Waals surface area contributed by atoms with Crippen LogP contribution in [0.1, 0.15) is 39.2 Å². The molecule has 0 heterocycles. The smallest absolute Gasteiger partial charge is 0.312 e. The Bertz CT molecular complexity index is 698. The number of amides is 4. The highest BCUT2D eigenvalue weighted by Gasteiger charge is 2.27. The van der Waals surface area contributed by atoms with Crippen LogP contribution < -0.4 is 33.1 Å². The number of carbonyl (C=O) groups excluding carboxylic acids is 3. The highest BCUT2D eigenvalue weighted by molar-refractivity contribution is 5.97. The number of rotatable bonds is 14. The lowest BCUT2D eigenvalue weighted by atomic mass is 10.0. The first-order valence-electron chi connectivity index (χ1n) is 10.2. The number of nitrogens with two attached hydrogens (primary N) is 2. The normalized spacial score (nSPS) is 12.8. The first-order valence-corrected chi connectivity index (χ1v) is 10.2. The van der Waals surface area contributed by atoms with Crippen LogP contribution in [0.4, 0.5) is 10.5 Å². The van der Waals surface area contributed by atoms with E-state index < -0.39 is 18.1 Å². The minimum Gasteiger partial charge on any atom is -0.352 e. The fraction of sp³-hybridized carbons (Fsp3) is 0.550. The second-order valence-electron chi connectivity index (χ2n) is 7.26. The van der Waals surface area contributed by atoms with E-state index in [9.17, 15) is 14.4 Å². The number of hydrogen-bond donors (Lipinski definition) is 6. The molecular formula is C20H34N6O5. The summed E-state index contributed by atoms with van der Waals surface area (Å²) in [7, 11) is 0. The molecule has 11 nitrogen and oxygen atoms in total. The third kappa shape index (κ3) is 10.2. The van der Waals surface area contributed by atoms with Crippen molar-refractivity contribution in [3.63, 3.8) is 0 Å². The van der Waals surface area contributed by atoms with Crippen molar-refractivity contribution >= 4 is 23.5 Å². The molecule has 0 aromatic heterocycles. The van der Waals surface area contributed by atoms with Gasteiger partial charge in [0.15, 0.2) is 0 Å². The average Bonchev–Trinajstić information content (AvgIpc) is 2.71. The zero-order valence-electron chi connectivity index (χ0n) is 18.3. The van der Waals surface area contributed by atoms with Crippen LogP contribution in [-0.2, 0) is 25.9 Å². The molecule has 0 radical (unpaired) electrons. The van der Waals surface area contributed by atoms with Crippen molar-refractivity contribution in [3.05, 3.63) is 29.8 Å². The van der Waals surface area contributed by atoms with Gasteiger partial charge in [-0.15, -0.1) is 0 Å². The Hall–Kier alpha value is -2.73. The summed E-state index contributed by atoms with van der Waals surface area (Å²) in [4.78, 5) is 46.2. The molecule has 0 bridgehead atoms. The number of benzene rings is 1. The molecule has 0 saturated carbocycles. The summed E-state index contributed by atoms with van der Waals surface area (Å²) in [5, 5.41) is 8.03. The van der Waals surface area contributed by atoms with Crippen LogP contribution in [0.3, 0.4) is 0 Å². The predicted octanol–water partition coefficient (Wildman–Crippen LogP) is 0.514. The standard InChI is InChI=1S/C20H34N6O5/c1-4-31-26-17(13(2)3)19(28)25-16(6-5-11-23-20(21)29)18(27)24-15-9-7-14(8-10-15)12-30-22/h7-10,13,16-17,26H,4-6,11-12,22H2,1-3H3,(H,24,27)(H,25,28)(H3,21,23,29)/t16-,17-/m0/s1. The number of nitrogens with one attached hydrogen (secondary N) is 4. The summed E-state index contributed by atoms with van der Waals surface area (Å²) in [5.74, 6) is 4.25. The molecule has 0 fully saturated rings. The summed E-state index contributed by atoms with van der Waals surface area (Å²) in [6.07, 6.45) is 0.746. The molecule has 0 aliphatic rings. The van der Waals surface area contributed by atoms with Crippen LogP contribution >= 0.6 is 0 Å². The van der Waals surface area contributed by atoms with Crippen molar-refractivity contribution in [1.29, 1.82) is 0 Å². The fourth-order valence-electron chi connectivity index (χ4n) is 2.72. The lowest BCUT2D eigenvalue weighted by molar-refractivity contribution is -0.132. The molecule has 4 amide bonds. The Morgan fingerprint density at radius 3 is 2.32 bits per heavy atom. The van der Waals surface area contributed by atoms with Crippen LogP contribution in [0, 0.1) is 5.92 Å². The van der Waals surface area contributed by atoms with E-state index in [2.05, 4.69) is 26.3 Å². The number of urea groups is 1. The van der Waals surface area contributed by atoms with E-state index >= 15 is 0 Å². The molecule has 1 rings (SSSR count). The molecule has 11 heteroatoms. The van der Waals surface area contributed by atoms with Gasteiger partial charge < -0.3 is 26.5 Å². The Balaban J connectivity index is 2.83. The second-order valence-corrected chi connectivity index (χ2v) is 7.26. The number of hydroxylamine groups is 1. The maximum absolute atomic E-state index is 12.9. The quantitative estimate of drug-likeness (QED) is 0.181. The van der Waals surface area contributed by atoms with Gasteiger partial charge in [0, 0.05) is 12.2 Å². The molecule has 0 aliphatic heterocycles. The van der Waals surface area contributed by atoms with Crippen molar-refractivity contribution in [1.82, 2.24) is 16.1 Å². The molecule has 0 unspecified atom stereocenters. The third-order valence-corrected chi connectivity index (χ3v) is 4.38. The highest BCUT2D eigenvalue weighted by Crippen LogP contribution is 2.12. The molecule has 8 N–H and O–H groups in total. The summed E-state index contributed by atoms with van der Waals surface area (Å²) >= 11 is 0. The number of carbonyl (C=O) groups is 3. The summed E-state index contributed by atoms with van der Waals surface area (Å²) in [6.45, 7) is 6.47. The summed E-state index contributed by atoms with van der Waals surface area (Å²) in [5.41, 5.74) is 9.21. The zero-order chi connectivity index (χ0) is 23.2. The van der Waals surface area contributed by atoms with Gasteiger partial charge in [-0.3, -0.25) is 14.4 Å². The summed E-state index contributed by atoms with van der Waals surface area (Å²) in [6, 6.07) is 4.88. The van der Waals surface area contributed by atoms with E-state index in [-0.39, 0.29) is 30.9 Å². The third-order valence-electron chi connectivity index (χ3n) is 4.38. The maximum Gasteiger partial charge on any atom is 0.312 e. The van der Waals surface area contributed by atoms with Crippen molar-refractivity contribution in [2.45, 2.75) is 52.3 Å². The molecule has 0 spiro atoms. The van der Waals surface area contributed by atoms with E-state index in [0.29, 0.717) is 25.1 Å². The highest BCUT2D eigenvalue weighted by atomic mass is 16.6. The van der Waals surface area contributed by atoms with E-state index in [4.69, 9.17) is 16.5 Å². The van der Waals surface area contributed by atoms with Gasteiger partial charge in [0.2, 0.25) is 11.8 Å². The van der Waals surface area contributed by atoms with Crippen molar-refractivity contribution in [2.24, 2.45) is 17.5 Å². The molecule has 2 atom stereocenters. The largest absolute Gasteiger partial charge is 0.352 e. The van der Waals surface area contributed by atoms with E-state index in [0.717, 1.165) is 5.56 Å². The minimum atomic E-state index is -0.820. The van der Waals surface area contributed by atoms with E-state index in [1.54, 1.807) is 31.2 Å². The topological polar surface area (TPSA) is 170 Å². The number of anilines is 1. The Labute approximate surface area is 182 Å². The van der Waals surface area contributed by atoms with E-state index in [1.807, 2.05) is 13.8 Å². The Kier molecular flexibility index (Phi) is 12.1. The zero-order valence-corrected chi connectivity index (χ0v) is 18.3.